The van der Waals surface area contributed by atoms with Crippen LogP contribution in [0.1, 0.15) is 12.8 Å². The molecule has 2 aliphatic carbocycles. The lowest BCUT2D eigenvalue weighted by Crippen LogP contribution is -2.22. The molecule has 1 saturated carbocycles. The van der Waals surface area contributed by atoms with Crippen LogP contribution in [0.25, 0.3) is 0 Å². The van der Waals surface area contributed by atoms with Crippen LogP contribution < -0.4 is 5.73 Å². The fourth-order valence-corrected chi connectivity index (χ4v) is 2.00. The third-order valence-electron chi connectivity index (χ3n) is 2.78. The monoisotopic (exact) mass is 177 g/mol. The predicted molar refractivity (Wildman–Crippen MR) is 53.0 cm³/mol. The summed E-state index contributed by atoms with van der Waals surface area (Å²) >= 11 is 0. The molecule has 0 aromatic rings. The van der Waals surface area contributed by atoms with Crippen molar-refractivity contribution in [3.63, 3.8) is 0 Å². The van der Waals surface area contributed by atoms with Crippen molar-refractivity contribution in [2.75, 3.05) is 13.7 Å². The third kappa shape index (κ3) is 1.42. The predicted octanol–water partition coefficient (Wildman–Crippen LogP) is 1.75. The van der Waals surface area contributed by atoms with Gasteiger partial charge in [-0.1, -0.05) is 6.08 Å². The van der Waals surface area contributed by atoms with Crippen LogP contribution in [0.5, 0.6) is 0 Å². The quantitative estimate of drug-likeness (QED) is 0.697. The van der Waals surface area contributed by atoms with Crippen molar-refractivity contribution in [1.29, 1.82) is 0 Å². The van der Waals surface area contributed by atoms with E-state index in [-0.39, 0.29) is 0 Å². The molecule has 13 heavy (non-hydrogen) atoms. The van der Waals surface area contributed by atoms with Gasteiger partial charge in [-0.25, -0.2) is 0 Å². The lowest BCUT2D eigenvalue weighted by Gasteiger charge is -2.35. The minimum atomic E-state index is 0.644. The number of nitrogens with two attached hydrogens (primary N) is 1. The summed E-state index contributed by atoms with van der Waals surface area (Å²) in [4.78, 5) is 0. The molecule has 2 rings (SSSR count). The topological polar surface area (TPSA) is 35.2 Å². The normalized spacial score (nSPS) is 28.8. The Morgan fingerprint density at radius 3 is 3.23 bits per heavy atom. The van der Waals surface area contributed by atoms with Gasteiger partial charge >= 0.3 is 0 Å². The van der Waals surface area contributed by atoms with E-state index in [1.807, 2.05) is 0 Å². The zero-order valence-electron chi connectivity index (χ0n) is 7.92. The second kappa shape index (κ2) is 3.38. The molecule has 1 fully saturated rings. The van der Waals surface area contributed by atoms with Gasteiger partial charge in [0.15, 0.2) is 0 Å². The van der Waals surface area contributed by atoms with Gasteiger partial charge in [0.05, 0.1) is 7.11 Å². The fraction of sp³-hybridized carbons (Fsp3) is 0.455. The van der Waals surface area contributed by atoms with E-state index in [9.17, 15) is 0 Å². The molecular weight excluding hydrogens is 162 g/mol. The molecule has 0 aliphatic heterocycles. The highest BCUT2D eigenvalue weighted by molar-refractivity contribution is 5.48. The van der Waals surface area contributed by atoms with Crippen LogP contribution in [-0.4, -0.2) is 13.7 Å². The van der Waals surface area contributed by atoms with Crippen molar-refractivity contribution in [3.05, 3.63) is 35.1 Å². The summed E-state index contributed by atoms with van der Waals surface area (Å²) in [5.41, 5.74) is 8.33. The molecule has 0 aromatic heterocycles. The van der Waals surface area contributed by atoms with Crippen LogP contribution in [0.2, 0.25) is 0 Å². The summed E-state index contributed by atoms with van der Waals surface area (Å²) < 4.78 is 5.20. The second-order valence-corrected chi connectivity index (χ2v) is 3.51. The summed E-state index contributed by atoms with van der Waals surface area (Å²) in [5, 5.41) is 0. The standard InChI is InChI=1S/C11H15NO/c1-13-10-3-2-8-6-9(4-5-12)11(8)7-10/h3-4,7-8H,2,5-6,12H2,1H3. The maximum Gasteiger partial charge on any atom is 0.115 e. The van der Waals surface area contributed by atoms with E-state index in [0.29, 0.717) is 6.54 Å². The van der Waals surface area contributed by atoms with Gasteiger partial charge < -0.3 is 10.5 Å². The molecule has 0 saturated heterocycles. The zero-order valence-corrected chi connectivity index (χ0v) is 7.92. The molecule has 2 nitrogen and oxygen atoms in total. The lowest BCUT2D eigenvalue weighted by atomic mass is 9.70. The van der Waals surface area contributed by atoms with E-state index in [2.05, 4.69) is 18.2 Å². The largest absolute Gasteiger partial charge is 0.497 e. The first-order valence-electron chi connectivity index (χ1n) is 4.70. The number of hydrogen-bond donors (Lipinski definition) is 1. The van der Waals surface area contributed by atoms with Gasteiger partial charge in [0.2, 0.25) is 0 Å². The Hall–Kier alpha value is -1.02. The minimum absolute atomic E-state index is 0.644. The molecule has 70 valence electrons. The molecule has 2 heteroatoms. The van der Waals surface area contributed by atoms with E-state index in [1.165, 1.54) is 17.6 Å². The molecule has 0 bridgehead atoms. The van der Waals surface area contributed by atoms with E-state index in [0.717, 1.165) is 18.1 Å². The van der Waals surface area contributed by atoms with Gasteiger partial charge in [-0.15, -0.1) is 0 Å². The summed E-state index contributed by atoms with van der Waals surface area (Å²) in [7, 11) is 1.72. The van der Waals surface area contributed by atoms with Gasteiger partial charge in [0.25, 0.3) is 0 Å². The van der Waals surface area contributed by atoms with Crippen molar-refractivity contribution in [2.45, 2.75) is 12.8 Å². The van der Waals surface area contributed by atoms with Crippen molar-refractivity contribution in [1.82, 2.24) is 0 Å². The summed E-state index contributed by atoms with van der Waals surface area (Å²) in [6, 6.07) is 0. The highest BCUT2D eigenvalue weighted by atomic mass is 16.5. The molecule has 0 amide bonds. The number of allylic oxidation sites excluding steroid dienone is 4. The van der Waals surface area contributed by atoms with Crippen molar-refractivity contribution < 1.29 is 4.74 Å². The Morgan fingerprint density at radius 2 is 2.54 bits per heavy atom. The Morgan fingerprint density at radius 1 is 1.69 bits per heavy atom. The second-order valence-electron chi connectivity index (χ2n) is 3.51. The summed E-state index contributed by atoms with van der Waals surface area (Å²) in [5.74, 6) is 1.73. The van der Waals surface area contributed by atoms with Crippen LogP contribution in [0.15, 0.2) is 35.1 Å². The molecule has 2 aliphatic rings. The number of hydrogen-bond acceptors (Lipinski definition) is 2. The highest BCUT2D eigenvalue weighted by Crippen LogP contribution is 2.44. The smallest absolute Gasteiger partial charge is 0.115 e. The fourth-order valence-electron chi connectivity index (χ4n) is 2.00. The Bertz CT molecular complexity index is 297. The third-order valence-corrected chi connectivity index (χ3v) is 2.78. The number of methoxy groups -OCH3 is 1. The Balaban J connectivity index is 2.16. The molecule has 1 atom stereocenters. The van der Waals surface area contributed by atoms with Crippen molar-refractivity contribution in [3.8, 4) is 0 Å². The van der Waals surface area contributed by atoms with E-state index in [1.54, 1.807) is 7.11 Å². The molecular formula is C11H15NO. The van der Waals surface area contributed by atoms with Crippen LogP contribution in [0, 0.1) is 5.92 Å². The average Bonchev–Trinajstić information content (AvgIpc) is 2.14. The van der Waals surface area contributed by atoms with Crippen molar-refractivity contribution in [2.24, 2.45) is 11.7 Å². The van der Waals surface area contributed by atoms with E-state index in [4.69, 9.17) is 10.5 Å². The highest BCUT2D eigenvalue weighted by Gasteiger charge is 2.30. The van der Waals surface area contributed by atoms with Gasteiger partial charge in [0.1, 0.15) is 5.76 Å². The first-order chi connectivity index (χ1) is 6.35. The number of fused-ring (bicyclic) bond motifs is 1. The van der Waals surface area contributed by atoms with Crippen LogP contribution in [0.4, 0.5) is 0 Å². The minimum Gasteiger partial charge on any atom is -0.497 e. The molecule has 0 spiro atoms. The van der Waals surface area contributed by atoms with Crippen LogP contribution in [-0.2, 0) is 4.74 Å². The van der Waals surface area contributed by atoms with Crippen LogP contribution >= 0.6 is 0 Å². The van der Waals surface area contributed by atoms with Crippen LogP contribution in [0.3, 0.4) is 0 Å². The zero-order chi connectivity index (χ0) is 9.26. The molecule has 2 N–H and O–H groups in total. The van der Waals surface area contributed by atoms with E-state index < -0.39 is 0 Å². The van der Waals surface area contributed by atoms with Gasteiger partial charge in [-0.2, -0.15) is 0 Å². The van der Waals surface area contributed by atoms with E-state index >= 15 is 0 Å². The van der Waals surface area contributed by atoms with Crippen molar-refractivity contribution >= 4 is 0 Å². The van der Waals surface area contributed by atoms with Gasteiger partial charge in [-0.05, 0) is 42.1 Å². The lowest BCUT2D eigenvalue weighted by molar-refractivity contribution is 0.297. The maximum atomic E-state index is 5.48. The molecule has 1 unspecified atom stereocenters. The SMILES string of the molecule is COC1=CCC2CC(=CCN)C2=C1. The number of ether oxygens (including phenoxy) is 1. The Kier molecular flexibility index (Phi) is 2.23. The number of rotatable bonds is 2. The first-order valence-corrected chi connectivity index (χ1v) is 4.70. The first kappa shape index (κ1) is 8.57. The van der Waals surface area contributed by atoms with Gasteiger partial charge in [-0.3, -0.25) is 0 Å². The maximum absolute atomic E-state index is 5.48. The Labute approximate surface area is 78.8 Å². The molecule has 0 radical (unpaired) electrons. The van der Waals surface area contributed by atoms with Gasteiger partial charge in [0, 0.05) is 6.54 Å². The molecule has 0 aromatic carbocycles. The molecule has 0 heterocycles. The summed E-state index contributed by atoms with van der Waals surface area (Å²) in [6.45, 7) is 0.644. The summed E-state index contributed by atoms with van der Waals surface area (Å²) in [6.07, 6.45) is 8.72. The average molecular weight is 177 g/mol.